The van der Waals surface area contributed by atoms with Gasteiger partial charge in [-0.1, -0.05) is 0 Å². The van der Waals surface area contributed by atoms with Crippen molar-refractivity contribution in [2.45, 2.75) is 6.92 Å². The molecule has 0 amide bonds. The van der Waals surface area contributed by atoms with E-state index in [1.807, 2.05) is 25.3 Å². The summed E-state index contributed by atoms with van der Waals surface area (Å²) < 4.78 is 41.4. The molecular weight excluding hydrogens is 578 g/mol. The van der Waals surface area contributed by atoms with Gasteiger partial charge >= 0.3 is 0 Å². The SMILES string of the molecule is Cc1c(-c2ccc(N3CCN(C)CC3)nc2)nc2cc(F)cc(F)c2c1Nc1cc(N2CCOCC2)cnc1N1CCOCC1. The van der Waals surface area contributed by atoms with Crippen molar-refractivity contribution in [1.29, 1.82) is 0 Å². The third kappa shape index (κ3) is 6.09. The van der Waals surface area contributed by atoms with Crippen LogP contribution in [0.2, 0.25) is 0 Å². The van der Waals surface area contributed by atoms with E-state index in [2.05, 4.69) is 38.0 Å². The number of fused-ring (bicyclic) bond motifs is 1. The van der Waals surface area contributed by atoms with E-state index in [0.717, 1.165) is 79.5 Å². The molecule has 3 aliphatic rings. The molecule has 3 saturated heterocycles. The average molecular weight is 617 g/mol. The molecule has 0 radical (unpaired) electrons. The molecule has 3 aliphatic heterocycles. The van der Waals surface area contributed by atoms with Crippen LogP contribution in [0.25, 0.3) is 22.2 Å². The van der Waals surface area contributed by atoms with Crippen molar-refractivity contribution < 1.29 is 18.3 Å². The Morgan fingerprint density at radius 2 is 1.49 bits per heavy atom. The molecule has 3 aromatic heterocycles. The normalized spacial score (nSPS) is 18.1. The van der Waals surface area contributed by atoms with Gasteiger partial charge in [0.2, 0.25) is 0 Å². The monoisotopic (exact) mass is 616 g/mol. The van der Waals surface area contributed by atoms with Crippen molar-refractivity contribution in [3.05, 3.63) is 59.9 Å². The van der Waals surface area contributed by atoms with Crippen molar-refractivity contribution in [1.82, 2.24) is 19.9 Å². The Labute approximate surface area is 261 Å². The van der Waals surface area contributed by atoms with Crippen LogP contribution >= 0.6 is 0 Å². The molecule has 10 nitrogen and oxygen atoms in total. The molecule has 0 spiro atoms. The molecule has 0 atom stereocenters. The minimum absolute atomic E-state index is 0.226. The van der Waals surface area contributed by atoms with E-state index in [9.17, 15) is 4.39 Å². The topological polar surface area (TPSA) is 82.1 Å². The van der Waals surface area contributed by atoms with Crippen molar-refractivity contribution in [2.24, 2.45) is 0 Å². The summed E-state index contributed by atoms with van der Waals surface area (Å²) in [7, 11) is 2.12. The summed E-state index contributed by atoms with van der Waals surface area (Å²) in [6.45, 7) is 11.0. The lowest BCUT2D eigenvalue weighted by atomic mass is 10.0. The van der Waals surface area contributed by atoms with E-state index < -0.39 is 11.6 Å². The molecule has 1 aromatic carbocycles. The van der Waals surface area contributed by atoms with Crippen LogP contribution in [0.15, 0.2) is 42.7 Å². The number of hydrogen-bond donors (Lipinski definition) is 1. The van der Waals surface area contributed by atoms with Gasteiger partial charge in [-0.3, -0.25) is 0 Å². The van der Waals surface area contributed by atoms with Gasteiger partial charge in [-0.2, -0.15) is 0 Å². The van der Waals surface area contributed by atoms with E-state index >= 15 is 4.39 Å². The molecule has 1 N–H and O–H groups in total. The van der Waals surface area contributed by atoms with Crippen LogP contribution in [0.5, 0.6) is 0 Å². The maximum Gasteiger partial charge on any atom is 0.152 e. The Hall–Kier alpha value is -4.13. The molecule has 0 saturated carbocycles. The second kappa shape index (κ2) is 12.7. The highest BCUT2D eigenvalue weighted by atomic mass is 19.1. The van der Waals surface area contributed by atoms with Crippen molar-refractivity contribution in [3.63, 3.8) is 0 Å². The number of hydrogen-bond acceptors (Lipinski definition) is 10. The minimum Gasteiger partial charge on any atom is -0.378 e. The van der Waals surface area contributed by atoms with Gasteiger partial charge < -0.3 is 34.4 Å². The fourth-order valence-electron chi connectivity index (χ4n) is 6.29. The van der Waals surface area contributed by atoms with Crippen LogP contribution < -0.4 is 20.0 Å². The Bertz CT molecular complexity index is 1670. The molecule has 12 heteroatoms. The van der Waals surface area contributed by atoms with Gasteiger partial charge in [-0.15, -0.1) is 0 Å². The fourth-order valence-corrected chi connectivity index (χ4v) is 6.29. The number of rotatable bonds is 6. The van der Waals surface area contributed by atoms with Crippen LogP contribution in [0.4, 0.5) is 37.5 Å². The Morgan fingerprint density at radius 3 is 2.18 bits per heavy atom. The molecule has 6 heterocycles. The number of piperazine rings is 1. The summed E-state index contributed by atoms with van der Waals surface area (Å²) >= 11 is 0. The second-order valence-electron chi connectivity index (χ2n) is 11.8. The summed E-state index contributed by atoms with van der Waals surface area (Å²) in [6, 6.07) is 8.23. The van der Waals surface area contributed by atoms with Gasteiger partial charge in [-0.05, 0) is 37.7 Å². The fraction of sp³-hybridized carbons (Fsp3) is 0.424. The number of anilines is 5. The highest BCUT2D eigenvalue weighted by Crippen LogP contribution is 2.40. The Balaban J connectivity index is 1.32. The van der Waals surface area contributed by atoms with E-state index in [4.69, 9.17) is 24.4 Å². The van der Waals surface area contributed by atoms with E-state index in [-0.39, 0.29) is 10.9 Å². The molecule has 0 bridgehead atoms. The van der Waals surface area contributed by atoms with Gasteiger partial charge in [0.1, 0.15) is 17.5 Å². The first-order valence-corrected chi connectivity index (χ1v) is 15.6. The molecule has 0 unspecified atom stereocenters. The quantitative estimate of drug-likeness (QED) is 0.336. The second-order valence-corrected chi connectivity index (χ2v) is 11.8. The third-order valence-corrected chi connectivity index (χ3v) is 8.89. The molecule has 3 fully saturated rings. The molecule has 0 aliphatic carbocycles. The molecular formula is C33H38F2N8O2. The minimum atomic E-state index is -0.679. The Kier molecular flexibility index (Phi) is 8.35. The van der Waals surface area contributed by atoms with Crippen LogP contribution in [-0.2, 0) is 9.47 Å². The summed E-state index contributed by atoms with van der Waals surface area (Å²) in [5.41, 5.74) is 4.53. The number of morpholine rings is 2. The number of nitrogens with one attached hydrogen (secondary N) is 1. The van der Waals surface area contributed by atoms with Gasteiger partial charge in [0, 0.05) is 76.3 Å². The predicted molar refractivity (Wildman–Crippen MR) is 173 cm³/mol. The summed E-state index contributed by atoms with van der Waals surface area (Å²) in [5.74, 6) is 0.300. The zero-order valence-electron chi connectivity index (χ0n) is 25.7. The zero-order chi connectivity index (χ0) is 30.9. The number of halogens is 2. The average Bonchev–Trinajstić information content (AvgIpc) is 3.07. The van der Waals surface area contributed by atoms with E-state index in [0.29, 0.717) is 50.9 Å². The molecule has 4 aromatic rings. The van der Waals surface area contributed by atoms with Gasteiger partial charge in [0.25, 0.3) is 0 Å². The summed E-state index contributed by atoms with van der Waals surface area (Å²) in [4.78, 5) is 23.4. The largest absolute Gasteiger partial charge is 0.378 e. The predicted octanol–water partition coefficient (Wildman–Crippen LogP) is 4.45. The summed E-state index contributed by atoms with van der Waals surface area (Å²) in [6.07, 6.45) is 3.68. The van der Waals surface area contributed by atoms with Crippen LogP contribution in [0.1, 0.15) is 5.56 Å². The zero-order valence-corrected chi connectivity index (χ0v) is 25.7. The molecule has 45 heavy (non-hydrogen) atoms. The van der Waals surface area contributed by atoms with Crippen LogP contribution in [0, 0.1) is 18.6 Å². The highest BCUT2D eigenvalue weighted by Gasteiger charge is 2.24. The number of benzene rings is 1. The maximum atomic E-state index is 15.6. The van der Waals surface area contributed by atoms with Crippen LogP contribution in [0.3, 0.4) is 0 Å². The number of ether oxygens (including phenoxy) is 2. The third-order valence-electron chi connectivity index (χ3n) is 8.89. The Morgan fingerprint density at radius 1 is 0.778 bits per heavy atom. The van der Waals surface area contributed by atoms with Gasteiger partial charge in [0.05, 0.1) is 66.3 Å². The number of likely N-dealkylation sites (N-methyl/N-ethyl adjacent to an activating group) is 1. The highest BCUT2D eigenvalue weighted by molar-refractivity contribution is 5.99. The first kappa shape index (κ1) is 29.6. The standard InChI is InChI=1S/C33H38F2N8O2/c1-22-31(23-3-4-29(36-20-23)42-7-5-40(2)6-8-42)38-27-18-24(34)17-26(35)30(27)32(22)39-28-19-25(41-9-13-44-14-10-41)21-37-33(28)43-11-15-45-16-12-43/h3-4,17-21H,5-16H2,1-2H3,(H,38,39). The van der Waals surface area contributed by atoms with Crippen molar-refractivity contribution in [3.8, 4) is 11.3 Å². The maximum absolute atomic E-state index is 15.6. The van der Waals surface area contributed by atoms with Crippen molar-refractivity contribution >= 4 is 39.6 Å². The lowest BCUT2D eigenvalue weighted by Crippen LogP contribution is -2.44. The van der Waals surface area contributed by atoms with E-state index in [1.54, 1.807) is 6.20 Å². The number of aromatic nitrogens is 3. The molecule has 7 rings (SSSR count). The smallest absolute Gasteiger partial charge is 0.152 e. The van der Waals surface area contributed by atoms with Gasteiger partial charge in [0.15, 0.2) is 5.82 Å². The van der Waals surface area contributed by atoms with E-state index in [1.165, 1.54) is 6.07 Å². The lowest BCUT2D eigenvalue weighted by Gasteiger charge is -2.33. The lowest BCUT2D eigenvalue weighted by molar-refractivity contribution is 0.122. The van der Waals surface area contributed by atoms with Crippen molar-refractivity contribution in [2.75, 3.05) is 106 Å². The first-order valence-electron chi connectivity index (χ1n) is 15.6. The first-order chi connectivity index (χ1) is 21.9. The van der Waals surface area contributed by atoms with Crippen LogP contribution in [-0.4, -0.2) is 106 Å². The molecule has 236 valence electrons. The van der Waals surface area contributed by atoms with Gasteiger partial charge in [-0.25, -0.2) is 23.7 Å². The number of pyridine rings is 3. The summed E-state index contributed by atoms with van der Waals surface area (Å²) in [5, 5.41) is 3.79. The number of nitrogens with zero attached hydrogens (tertiary/aromatic N) is 7.